The molecular weight excluding hydrogens is 446 g/mol. The van der Waals surface area contributed by atoms with E-state index in [9.17, 15) is 18.0 Å². The molecule has 9 nitrogen and oxygen atoms in total. The van der Waals surface area contributed by atoms with Crippen LogP contribution in [0.25, 0.3) is 0 Å². The molecule has 10 heteroatoms. The lowest BCUT2D eigenvalue weighted by Gasteiger charge is -2.31. The van der Waals surface area contributed by atoms with E-state index in [1.165, 1.54) is 24.9 Å². The normalized spacial score (nSPS) is 13.3. The van der Waals surface area contributed by atoms with E-state index in [4.69, 9.17) is 9.47 Å². The van der Waals surface area contributed by atoms with E-state index in [-0.39, 0.29) is 30.7 Å². The second-order valence-electron chi connectivity index (χ2n) is 7.74. The molecule has 0 bridgehead atoms. The van der Waals surface area contributed by atoms with Crippen molar-refractivity contribution >= 4 is 27.5 Å². The average Bonchev–Trinajstić information content (AvgIpc) is 3.28. The molecule has 33 heavy (non-hydrogen) atoms. The van der Waals surface area contributed by atoms with Crippen LogP contribution >= 0.6 is 0 Å². The maximum atomic E-state index is 13.4. The maximum absolute atomic E-state index is 13.4. The molecule has 0 fully saturated rings. The number of likely N-dealkylation sites (N-methyl/N-ethyl adjacent to an activating group) is 1. The lowest BCUT2D eigenvalue weighted by Crippen LogP contribution is -2.50. The van der Waals surface area contributed by atoms with Crippen molar-refractivity contribution in [3.8, 4) is 11.5 Å². The first-order valence-corrected chi connectivity index (χ1v) is 12.2. The summed E-state index contributed by atoms with van der Waals surface area (Å²) in [5.41, 5.74) is 2.19. The first-order valence-electron chi connectivity index (χ1n) is 10.6. The fraction of sp³-hybridized carbons (Fsp3) is 0.391. The number of nitrogens with zero attached hydrogens (tertiary/aromatic N) is 2. The van der Waals surface area contributed by atoms with Gasteiger partial charge >= 0.3 is 0 Å². The van der Waals surface area contributed by atoms with E-state index in [1.54, 1.807) is 19.1 Å². The molecule has 0 saturated heterocycles. The Labute approximate surface area is 194 Å². The van der Waals surface area contributed by atoms with Crippen LogP contribution in [0.5, 0.6) is 11.5 Å². The summed E-state index contributed by atoms with van der Waals surface area (Å²) in [4.78, 5) is 27.2. The second-order valence-corrected chi connectivity index (χ2v) is 9.92. The Bertz CT molecular complexity index is 1120. The molecule has 0 aliphatic carbocycles. The molecule has 1 aliphatic heterocycles. The Kier molecular flexibility index (Phi) is 7.47. The van der Waals surface area contributed by atoms with Crippen LogP contribution in [0.4, 0.5) is 5.69 Å². The zero-order valence-corrected chi connectivity index (χ0v) is 20.0. The molecule has 1 atom stereocenters. The van der Waals surface area contributed by atoms with Crippen LogP contribution in [0, 0.1) is 6.92 Å². The van der Waals surface area contributed by atoms with Gasteiger partial charge in [0, 0.05) is 19.7 Å². The number of anilines is 1. The van der Waals surface area contributed by atoms with Crippen molar-refractivity contribution in [2.75, 3.05) is 30.4 Å². The highest BCUT2D eigenvalue weighted by Gasteiger charge is 2.31. The van der Waals surface area contributed by atoms with Gasteiger partial charge in [0.05, 0.1) is 11.4 Å². The lowest BCUT2D eigenvalue weighted by atomic mass is 10.1. The summed E-state index contributed by atoms with van der Waals surface area (Å²) in [5, 5.41) is 2.55. The molecule has 0 saturated carbocycles. The van der Waals surface area contributed by atoms with Crippen molar-refractivity contribution < 1.29 is 27.5 Å². The predicted octanol–water partition coefficient (Wildman–Crippen LogP) is 2.04. The van der Waals surface area contributed by atoms with Gasteiger partial charge in [0.15, 0.2) is 11.5 Å². The van der Waals surface area contributed by atoms with Gasteiger partial charge in [-0.25, -0.2) is 8.42 Å². The summed E-state index contributed by atoms with van der Waals surface area (Å²) in [6.45, 7) is 4.84. The summed E-state index contributed by atoms with van der Waals surface area (Å²) >= 11 is 0. The number of fused-ring (bicyclic) bond motifs is 1. The van der Waals surface area contributed by atoms with Crippen LogP contribution in [0.3, 0.4) is 0 Å². The predicted molar refractivity (Wildman–Crippen MR) is 125 cm³/mol. The zero-order chi connectivity index (χ0) is 24.2. The molecule has 178 valence electrons. The monoisotopic (exact) mass is 475 g/mol. The first kappa shape index (κ1) is 24.4. The second kappa shape index (κ2) is 10.1. The van der Waals surface area contributed by atoms with Gasteiger partial charge in [-0.15, -0.1) is 0 Å². The SMILES string of the molecule is CCS(=O)(=O)N(CC(=O)N(Cc1ccc(C)cc1)[C@H](C)C(=O)NC)c1ccc2c(c1)OCO2. The number of hydrogen-bond acceptors (Lipinski definition) is 6. The van der Waals surface area contributed by atoms with Crippen molar-refractivity contribution in [3.05, 3.63) is 53.6 Å². The number of carbonyl (C=O) groups excluding carboxylic acids is 2. The minimum absolute atomic E-state index is 0.0478. The third-order valence-corrected chi connectivity index (χ3v) is 7.25. The number of aryl methyl sites for hydroxylation is 1. The number of hydrogen-bond donors (Lipinski definition) is 1. The van der Waals surface area contributed by atoms with Gasteiger partial charge in [0.2, 0.25) is 28.6 Å². The van der Waals surface area contributed by atoms with Crippen molar-refractivity contribution in [3.63, 3.8) is 0 Å². The van der Waals surface area contributed by atoms with E-state index in [0.717, 1.165) is 15.4 Å². The smallest absolute Gasteiger partial charge is 0.244 e. The molecule has 1 heterocycles. The van der Waals surface area contributed by atoms with Crippen molar-refractivity contribution in [2.45, 2.75) is 33.4 Å². The third-order valence-electron chi connectivity index (χ3n) is 5.51. The minimum Gasteiger partial charge on any atom is -0.454 e. The number of rotatable bonds is 9. The highest BCUT2D eigenvalue weighted by Crippen LogP contribution is 2.36. The number of amides is 2. The van der Waals surface area contributed by atoms with Gasteiger partial charge in [0.25, 0.3) is 0 Å². The van der Waals surface area contributed by atoms with Crippen molar-refractivity contribution in [1.29, 1.82) is 0 Å². The molecule has 0 spiro atoms. The van der Waals surface area contributed by atoms with Crippen LogP contribution in [0.2, 0.25) is 0 Å². The van der Waals surface area contributed by atoms with E-state index < -0.39 is 28.5 Å². The van der Waals surface area contributed by atoms with Gasteiger partial charge in [-0.3, -0.25) is 13.9 Å². The fourth-order valence-corrected chi connectivity index (χ4v) is 4.50. The highest BCUT2D eigenvalue weighted by atomic mass is 32.2. The van der Waals surface area contributed by atoms with Gasteiger partial charge in [0.1, 0.15) is 12.6 Å². The van der Waals surface area contributed by atoms with Gasteiger partial charge < -0.3 is 19.7 Å². The van der Waals surface area contributed by atoms with Crippen molar-refractivity contribution in [1.82, 2.24) is 10.2 Å². The van der Waals surface area contributed by atoms with Crippen LogP contribution < -0.4 is 19.1 Å². The van der Waals surface area contributed by atoms with Crippen LogP contribution in [-0.4, -0.2) is 57.3 Å². The third kappa shape index (κ3) is 5.57. The Morgan fingerprint density at radius 3 is 2.39 bits per heavy atom. The molecule has 1 aliphatic rings. The number of nitrogens with one attached hydrogen (secondary N) is 1. The zero-order valence-electron chi connectivity index (χ0n) is 19.2. The Hall–Kier alpha value is -3.27. The van der Waals surface area contributed by atoms with Crippen LogP contribution in [0.1, 0.15) is 25.0 Å². The van der Waals surface area contributed by atoms with E-state index in [0.29, 0.717) is 11.5 Å². The number of sulfonamides is 1. The van der Waals surface area contributed by atoms with Crippen LogP contribution in [0.15, 0.2) is 42.5 Å². The summed E-state index contributed by atoms with van der Waals surface area (Å²) < 4.78 is 37.6. The molecule has 0 radical (unpaired) electrons. The summed E-state index contributed by atoms with van der Waals surface area (Å²) in [7, 11) is -2.31. The van der Waals surface area contributed by atoms with Gasteiger partial charge in [-0.2, -0.15) is 0 Å². The molecular formula is C23H29N3O6S. The number of carbonyl (C=O) groups is 2. The van der Waals surface area contributed by atoms with Crippen molar-refractivity contribution in [2.24, 2.45) is 0 Å². The largest absolute Gasteiger partial charge is 0.454 e. The summed E-state index contributed by atoms with van der Waals surface area (Å²) in [5.74, 6) is -0.123. The molecule has 1 N–H and O–H groups in total. The topological polar surface area (TPSA) is 105 Å². The average molecular weight is 476 g/mol. The first-order chi connectivity index (χ1) is 15.7. The Morgan fingerprint density at radius 2 is 1.76 bits per heavy atom. The number of ether oxygens (including phenoxy) is 2. The number of benzene rings is 2. The standard InChI is InChI=1S/C23H29N3O6S/c1-5-33(29,30)26(19-10-11-20-21(12-19)32-15-31-20)14-22(27)25(17(3)23(28)24-4)13-18-8-6-16(2)7-9-18/h6-12,17H,5,13-15H2,1-4H3,(H,24,28)/t17-/m1/s1. The Morgan fingerprint density at radius 1 is 1.09 bits per heavy atom. The van der Waals surface area contributed by atoms with E-state index >= 15 is 0 Å². The maximum Gasteiger partial charge on any atom is 0.244 e. The molecule has 3 rings (SSSR count). The quantitative estimate of drug-likeness (QED) is 0.595. The summed E-state index contributed by atoms with van der Waals surface area (Å²) in [6, 6.07) is 11.5. The van der Waals surface area contributed by atoms with Gasteiger partial charge in [-0.05, 0) is 38.5 Å². The molecule has 0 aromatic heterocycles. The summed E-state index contributed by atoms with van der Waals surface area (Å²) in [6.07, 6.45) is 0. The molecule has 2 aromatic carbocycles. The van der Waals surface area contributed by atoms with Crippen LogP contribution in [-0.2, 0) is 26.2 Å². The molecule has 0 unspecified atom stereocenters. The lowest BCUT2D eigenvalue weighted by molar-refractivity contribution is -0.139. The van der Waals surface area contributed by atoms with Gasteiger partial charge in [-0.1, -0.05) is 29.8 Å². The van der Waals surface area contributed by atoms with E-state index in [1.807, 2.05) is 31.2 Å². The molecule has 2 amide bonds. The van der Waals surface area contributed by atoms with E-state index in [2.05, 4.69) is 5.32 Å². The Balaban J connectivity index is 1.93. The highest BCUT2D eigenvalue weighted by molar-refractivity contribution is 7.92. The molecule has 2 aromatic rings. The minimum atomic E-state index is -3.80. The fourth-order valence-electron chi connectivity index (χ4n) is 3.44.